The lowest BCUT2D eigenvalue weighted by atomic mass is 9.67. The molecular weight excluding hydrogens is 629 g/mol. The molecule has 11 rings (SSSR count). The standard InChI is InChI=1S/C51H32O/c1-4-14-33(15-5-1)39-23-12-17-35-30-47-45(32-44(35)39)42-28-27-36(31-46(42)51(47,37-18-6-2-7-19-37)38-20-8-3-9-21-38)40-24-13-25-48-49(40)43-29-26-34-16-10-11-22-41(34)50(43)52-48/h1-32H. The van der Waals surface area contributed by atoms with Gasteiger partial charge in [0.2, 0.25) is 0 Å². The SMILES string of the molecule is c1ccc(-c2cccc3cc4c(cc23)-c2ccc(-c3cccc5oc6c7ccccc7ccc6c35)cc2C4(c2ccccc2)c2ccccc2)cc1. The summed E-state index contributed by atoms with van der Waals surface area (Å²) in [5.41, 5.74) is 13.8. The lowest BCUT2D eigenvalue weighted by molar-refractivity contribution is 0.673. The largest absolute Gasteiger partial charge is 0.455 e. The quantitative estimate of drug-likeness (QED) is 0.183. The Labute approximate surface area is 302 Å². The summed E-state index contributed by atoms with van der Waals surface area (Å²) in [6.07, 6.45) is 0. The van der Waals surface area contributed by atoms with E-state index >= 15 is 0 Å². The van der Waals surface area contributed by atoms with Crippen LogP contribution in [0.3, 0.4) is 0 Å². The molecule has 0 aliphatic heterocycles. The molecule has 0 amide bonds. The van der Waals surface area contributed by atoms with Gasteiger partial charge in [0.15, 0.2) is 0 Å². The second-order valence-electron chi connectivity index (χ2n) is 14.0. The van der Waals surface area contributed by atoms with E-state index in [1.54, 1.807) is 0 Å². The molecule has 1 aliphatic rings. The highest BCUT2D eigenvalue weighted by atomic mass is 16.3. The topological polar surface area (TPSA) is 13.1 Å². The van der Waals surface area contributed by atoms with Gasteiger partial charge < -0.3 is 4.42 Å². The fourth-order valence-electron chi connectivity index (χ4n) is 9.09. The molecule has 0 saturated heterocycles. The molecule has 10 aromatic rings. The fourth-order valence-corrected chi connectivity index (χ4v) is 9.09. The molecule has 1 heterocycles. The van der Waals surface area contributed by atoms with E-state index in [4.69, 9.17) is 4.42 Å². The molecule has 0 bridgehead atoms. The van der Waals surface area contributed by atoms with Crippen molar-refractivity contribution in [1.29, 1.82) is 0 Å². The third kappa shape index (κ3) is 4.05. The Morgan fingerprint density at radius 1 is 0.346 bits per heavy atom. The van der Waals surface area contributed by atoms with E-state index in [-0.39, 0.29) is 0 Å². The Bertz CT molecular complexity index is 2950. The molecule has 0 atom stereocenters. The Balaban J connectivity index is 1.24. The number of hydrogen-bond donors (Lipinski definition) is 0. The summed E-state index contributed by atoms with van der Waals surface area (Å²) in [6, 6.07) is 71.1. The zero-order valence-electron chi connectivity index (χ0n) is 28.4. The van der Waals surface area contributed by atoms with Crippen molar-refractivity contribution in [3.05, 3.63) is 216 Å². The maximum absolute atomic E-state index is 6.64. The predicted octanol–water partition coefficient (Wildman–Crippen LogP) is 13.6. The van der Waals surface area contributed by atoms with Gasteiger partial charge in [0.1, 0.15) is 11.2 Å². The molecule has 0 spiro atoms. The van der Waals surface area contributed by atoms with Crippen molar-refractivity contribution in [3.8, 4) is 33.4 Å². The molecule has 0 fully saturated rings. The van der Waals surface area contributed by atoms with Gasteiger partial charge in [0.25, 0.3) is 0 Å². The zero-order valence-corrected chi connectivity index (χ0v) is 28.4. The molecule has 1 nitrogen and oxygen atoms in total. The summed E-state index contributed by atoms with van der Waals surface area (Å²) in [7, 11) is 0. The smallest absolute Gasteiger partial charge is 0.143 e. The fraction of sp³-hybridized carbons (Fsp3) is 0.0196. The number of rotatable bonds is 4. The van der Waals surface area contributed by atoms with E-state index in [2.05, 4.69) is 194 Å². The van der Waals surface area contributed by atoms with Crippen LogP contribution in [0.15, 0.2) is 199 Å². The second kappa shape index (κ2) is 11.2. The summed E-state index contributed by atoms with van der Waals surface area (Å²) >= 11 is 0. The number of fused-ring (bicyclic) bond motifs is 9. The highest BCUT2D eigenvalue weighted by molar-refractivity contribution is 6.19. The minimum Gasteiger partial charge on any atom is -0.455 e. The third-order valence-corrected chi connectivity index (χ3v) is 11.3. The van der Waals surface area contributed by atoms with Crippen LogP contribution in [0, 0.1) is 0 Å². The molecule has 242 valence electrons. The molecule has 0 radical (unpaired) electrons. The number of benzene rings is 9. The van der Waals surface area contributed by atoms with E-state index in [9.17, 15) is 0 Å². The van der Waals surface area contributed by atoms with Crippen molar-refractivity contribution in [2.45, 2.75) is 5.41 Å². The second-order valence-corrected chi connectivity index (χ2v) is 14.0. The highest BCUT2D eigenvalue weighted by Crippen LogP contribution is 2.58. The van der Waals surface area contributed by atoms with Gasteiger partial charge in [-0.15, -0.1) is 0 Å². The van der Waals surface area contributed by atoms with Gasteiger partial charge in [0.05, 0.1) is 5.41 Å². The first kappa shape index (κ1) is 29.1. The molecule has 1 aliphatic carbocycles. The average Bonchev–Trinajstić information content (AvgIpc) is 3.74. The van der Waals surface area contributed by atoms with Gasteiger partial charge in [-0.05, 0) is 102 Å². The molecule has 1 aromatic heterocycles. The first-order chi connectivity index (χ1) is 25.8. The minimum atomic E-state index is -0.525. The van der Waals surface area contributed by atoms with Crippen LogP contribution in [-0.4, -0.2) is 0 Å². The Hall–Kier alpha value is -6.70. The number of furan rings is 1. The van der Waals surface area contributed by atoms with Crippen LogP contribution in [0.5, 0.6) is 0 Å². The van der Waals surface area contributed by atoms with Gasteiger partial charge in [-0.3, -0.25) is 0 Å². The monoisotopic (exact) mass is 660 g/mol. The van der Waals surface area contributed by atoms with Crippen LogP contribution in [0.4, 0.5) is 0 Å². The van der Waals surface area contributed by atoms with E-state index in [0.717, 1.165) is 27.3 Å². The summed E-state index contributed by atoms with van der Waals surface area (Å²) in [4.78, 5) is 0. The summed E-state index contributed by atoms with van der Waals surface area (Å²) in [5, 5.41) is 7.13. The maximum Gasteiger partial charge on any atom is 0.143 e. The summed E-state index contributed by atoms with van der Waals surface area (Å²) in [5.74, 6) is 0. The van der Waals surface area contributed by atoms with Gasteiger partial charge in [0, 0.05) is 16.2 Å². The molecule has 0 N–H and O–H groups in total. The first-order valence-electron chi connectivity index (χ1n) is 18.0. The van der Waals surface area contributed by atoms with Gasteiger partial charge >= 0.3 is 0 Å². The van der Waals surface area contributed by atoms with Crippen molar-refractivity contribution in [2.24, 2.45) is 0 Å². The molecule has 1 heteroatoms. The van der Waals surface area contributed by atoms with E-state index in [0.29, 0.717) is 0 Å². The van der Waals surface area contributed by atoms with E-state index in [1.165, 1.54) is 71.8 Å². The summed E-state index contributed by atoms with van der Waals surface area (Å²) < 4.78 is 6.64. The van der Waals surface area contributed by atoms with Crippen LogP contribution in [0.25, 0.3) is 76.9 Å². The summed E-state index contributed by atoms with van der Waals surface area (Å²) in [6.45, 7) is 0. The Morgan fingerprint density at radius 2 is 1.00 bits per heavy atom. The van der Waals surface area contributed by atoms with Gasteiger partial charge in [-0.25, -0.2) is 0 Å². The van der Waals surface area contributed by atoms with Crippen molar-refractivity contribution < 1.29 is 4.42 Å². The van der Waals surface area contributed by atoms with Gasteiger partial charge in [-0.2, -0.15) is 0 Å². The van der Waals surface area contributed by atoms with Crippen molar-refractivity contribution in [2.75, 3.05) is 0 Å². The maximum atomic E-state index is 6.64. The predicted molar refractivity (Wildman–Crippen MR) is 217 cm³/mol. The molecular formula is C51H32O. The lowest BCUT2D eigenvalue weighted by Gasteiger charge is -2.34. The van der Waals surface area contributed by atoms with Crippen LogP contribution >= 0.6 is 0 Å². The molecule has 0 unspecified atom stereocenters. The Kier molecular flexibility index (Phi) is 6.23. The van der Waals surface area contributed by atoms with Crippen molar-refractivity contribution in [3.63, 3.8) is 0 Å². The normalized spacial score (nSPS) is 13.2. The van der Waals surface area contributed by atoms with Gasteiger partial charge in [-0.1, -0.05) is 164 Å². The average molecular weight is 661 g/mol. The van der Waals surface area contributed by atoms with E-state index < -0.39 is 5.41 Å². The highest BCUT2D eigenvalue weighted by Gasteiger charge is 2.46. The van der Waals surface area contributed by atoms with Crippen LogP contribution in [0.2, 0.25) is 0 Å². The minimum absolute atomic E-state index is 0.525. The van der Waals surface area contributed by atoms with E-state index in [1.807, 2.05) is 0 Å². The first-order valence-corrected chi connectivity index (χ1v) is 18.0. The Morgan fingerprint density at radius 3 is 1.79 bits per heavy atom. The van der Waals surface area contributed by atoms with Crippen LogP contribution in [0.1, 0.15) is 22.3 Å². The lowest BCUT2D eigenvalue weighted by Crippen LogP contribution is -2.28. The zero-order chi connectivity index (χ0) is 34.2. The molecule has 0 saturated carbocycles. The molecule has 52 heavy (non-hydrogen) atoms. The third-order valence-electron chi connectivity index (χ3n) is 11.3. The van der Waals surface area contributed by atoms with Crippen LogP contribution in [-0.2, 0) is 5.41 Å². The van der Waals surface area contributed by atoms with Crippen molar-refractivity contribution >= 4 is 43.5 Å². The van der Waals surface area contributed by atoms with Crippen molar-refractivity contribution in [1.82, 2.24) is 0 Å². The van der Waals surface area contributed by atoms with Crippen LogP contribution < -0.4 is 0 Å². The number of hydrogen-bond acceptors (Lipinski definition) is 1. The molecule has 9 aromatic carbocycles.